The average molecular weight is 429 g/mol. The standard InChI is InChI=1S/C24H26F3N3O/c1-5-30(19-13-11-18(12-14-19)23(2,3)4)21-20(24(25,26)27)15-28-22(29-21)31-16-17-9-7-6-8-10-17/h6-15H,5,16H2,1-4H3. The number of ether oxygens (including phenoxy) is 1. The van der Waals surface area contributed by atoms with Crippen LogP contribution in [0.25, 0.3) is 0 Å². The molecule has 0 bridgehead atoms. The lowest BCUT2D eigenvalue weighted by atomic mass is 9.87. The third-order valence-electron chi connectivity index (χ3n) is 4.88. The molecule has 0 fully saturated rings. The third-order valence-corrected chi connectivity index (χ3v) is 4.88. The van der Waals surface area contributed by atoms with Gasteiger partial charge in [-0.2, -0.15) is 18.2 Å². The van der Waals surface area contributed by atoms with Crippen LogP contribution in [-0.2, 0) is 18.2 Å². The predicted molar refractivity (Wildman–Crippen MR) is 116 cm³/mol. The Morgan fingerprint density at radius 2 is 1.58 bits per heavy atom. The van der Waals surface area contributed by atoms with Gasteiger partial charge in [-0.15, -0.1) is 0 Å². The van der Waals surface area contributed by atoms with Crippen LogP contribution in [0.15, 0.2) is 60.8 Å². The van der Waals surface area contributed by atoms with Crippen molar-refractivity contribution in [2.24, 2.45) is 0 Å². The minimum atomic E-state index is -4.59. The maximum absolute atomic E-state index is 13.7. The Balaban J connectivity index is 1.96. The molecule has 0 aliphatic heterocycles. The number of benzene rings is 2. The van der Waals surface area contributed by atoms with Crippen LogP contribution in [-0.4, -0.2) is 16.5 Å². The molecule has 0 spiro atoms. The van der Waals surface area contributed by atoms with Crippen LogP contribution in [0, 0.1) is 0 Å². The van der Waals surface area contributed by atoms with Gasteiger partial charge >= 0.3 is 12.2 Å². The van der Waals surface area contributed by atoms with E-state index in [1.807, 2.05) is 54.6 Å². The maximum Gasteiger partial charge on any atom is 0.421 e. The first-order valence-electron chi connectivity index (χ1n) is 10.1. The molecule has 0 atom stereocenters. The van der Waals surface area contributed by atoms with Gasteiger partial charge in [-0.05, 0) is 35.6 Å². The Bertz CT molecular complexity index is 997. The van der Waals surface area contributed by atoms with E-state index in [2.05, 4.69) is 30.7 Å². The van der Waals surface area contributed by atoms with Crippen molar-refractivity contribution in [1.29, 1.82) is 0 Å². The number of aromatic nitrogens is 2. The van der Waals surface area contributed by atoms with Crippen molar-refractivity contribution in [3.8, 4) is 6.01 Å². The van der Waals surface area contributed by atoms with E-state index in [-0.39, 0.29) is 23.9 Å². The minimum Gasteiger partial charge on any atom is -0.459 e. The summed E-state index contributed by atoms with van der Waals surface area (Å²) in [5.41, 5.74) is 1.63. The summed E-state index contributed by atoms with van der Waals surface area (Å²) in [7, 11) is 0. The van der Waals surface area contributed by atoms with Crippen LogP contribution in [0.3, 0.4) is 0 Å². The van der Waals surface area contributed by atoms with Crippen LogP contribution in [0.4, 0.5) is 24.7 Å². The monoisotopic (exact) mass is 429 g/mol. The second kappa shape index (κ2) is 8.96. The van der Waals surface area contributed by atoms with E-state index in [4.69, 9.17) is 4.74 Å². The molecule has 0 N–H and O–H groups in total. The molecule has 3 aromatic rings. The van der Waals surface area contributed by atoms with Gasteiger partial charge in [0.1, 0.15) is 12.2 Å². The molecule has 0 saturated heterocycles. The van der Waals surface area contributed by atoms with E-state index in [1.165, 1.54) is 4.90 Å². The summed E-state index contributed by atoms with van der Waals surface area (Å²) in [5, 5.41) is 0. The molecule has 0 unspecified atom stereocenters. The zero-order valence-electron chi connectivity index (χ0n) is 18.1. The van der Waals surface area contributed by atoms with E-state index in [0.717, 1.165) is 17.3 Å². The van der Waals surface area contributed by atoms with Gasteiger partial charge in [0.15, 0.2) is 5.82 Å². The topological polar surface area (TPSA) is 38.2 Å². The molecule has 4 nitrogen and oxygen atoms in total. The van der Waals surface area contributed by atoms with Crippen molar-refractivity contribution in [2.45, 2.75) is 45.9 Å². The number of rotatable bonds is 6. The van der Waals surface area contributed by atoms with Gasteiger partial charge in [0.05, 0.1) is 0 Å². The normalized spacial score (nSPS) is 12.0. The zero-order chi connectivity index (χ0) is 22.6. The summed E-state index contributed by atoms with van der Waals surface area (Å²) in [6.45, 7) is 8.50. The Kier molecular flexibility index (Phi) is 6.53. The van der Waals surface area contributed by atoms with Gasteiger partial charge in [0.2, 0.25) is 0 Å². The Morgan fingerprint density at radius 3 is 2.13 bits per heavy atom. The summed E-state index contributed by atoms with van der Waals surface area (Å²) >= 11 is 0. The summed E-state index contributed by atoms with van der Waals surface area (Å²) in [6.07, 6.45) is -3.80. The number of hydrogen-bond donors (Lipinski definition) is 0. The van der Waals surface area contributed by atoms with E-state index >= 15 is 0 Å². The zero-order valence-corrected chi connectivity index (χ0v) is 18.1. The number of alkyl halides is 3. The van der Waals surface area contributed by atoms with E-state index in [9.17, 15) is 13.2 Å². The highest BCUT2D eigenvalue weighted by atomic mass is 19.4. The van der Waals surface area contributed by atoms with Crippen LogP contribution < -0.4 is 9.64 Å². The van der Waals surface area contributed by atoms with E-state index < -0.39 is 11.7 Å². The SMILES string of the molecule is CCN(c1ccc(C(C)(C)C)cc1)c1nc(OCc2ccccc2)ncc1C(F)(F)F. The predicted octanol–water partition coefficient (Wildman–Crippen LogP) is 6.53. The van der Waals surface area contributed by atoms with Crippen LogP contribution in [0.5, 0.6) is 6.01 Å². The number of halogens is 3. The molecule has 0 aliphatic carbocycles. The van der Waals surface area contributed by atoms with Gasteiger partial charge in [-0.1, -0.05) is 63.2 Å². The van der Waals surface area contributed by atoms with Gasteiger partial charge in [0, 0.05) is 18.4 Å². The van der Waals surface area contributed by atoms with E-state index in [0.29, 0.717) is 12.2 Å². The summed E-state index contributed by atoms with van der Waals surface area (Å²) in [5.74, 6) is -0.225. The van der Waals surface area contributed by atoms with Crippen molar-refractivity contribution in [2.75, 3.05) is 11.4 Å². The molecule has 0 amide bonds. The number of anilines is 2. The average Bonchev–Trinajstić information content (AvgIpc) is 2.73. The first-order valence-corrected chi connectivity index (χ1v) is 10.1. The summed E-state index contributed by atoms with van der Waals surface area (Å²) in [6, 6.07) is 16.7. The number of nitrogens with zero attached hydrogens (tertiary/aromatic N) is 3. The molecule has 164 valence electrons. The fourth-order valence-corrected chi connectivity index (χ4v) is 3.15. The molecule has 31 heavy (non-hydrogen) atoms. The molecule has 7 heteroatoms. The van der Waals surface area contributed by atoms with Gasteiger partial charge < -0.3 is 9.64 Å². The Morgan fingerprint density at radius 1 is 0.935 bits per heavy atom. The minimum absolute atomic E-state index is 0.0555. The van der Waals surface area contributed by atoms with Crippen molar-refractivity contribution >= 4 is 11.5 Å². The fourth-order valence-electron chi connectivity index (χ4n) is 3.15. The third kappa shape index (κ3) is 5.54. The van der Waals surface area contributed by atoms with E-state index in [1.54, 1.807) is 6.92 Å². The van der Waals surface area contributed by atoms with Gasteiger partial charge in [-0.3, -0.25) is 0 Å². The fraction of sp³-hybridized carbons (Fsp3) is 0.333. The first kappa shape index (κ1) is 22.6. The molecule has 0 aliphatic rings. The van der Waals surface area contributed by atoms with Crippen molar-refractivity contribution in [1.82, 2.24) is 9.97 Å². The van der Waals surface area contributed by atoms with Gasteiger partial charge in [0.25, 0.3) is 0 Å². The second-order valence-corrected chi connectivity index (χ2v) is 8.20. The van der Waals surface area contributed by atoms with Gasteiger partial charge in [-0.25, -0.2) is 4.98 Å². The van der Waals surface area contributed by atoms with Crippen molar-refractivity contribution < 1.29 is 17.9 Å². The number of hydrogen-bond acceptors (Lipinski definition) is 4. The highest BCUT2D eigenvalue weighted by Gasteiger charge is 2.37. The Labute approximate surface area is 180 Å². The largest absolute Gasteiger partial charge is 0.459 e. The lowest BCUT2D eigenvalue weighted by Crippen LogP contribution is -2.23. The first-order chi connectivity index (χ1) is 14.6. The molecule has 1 heterocycles. The molecule has 0 saturated carbocycles. The smallest absolute Gasteiger partial charge is 0.421 e. The summed E-state index contributed by atoms with van der Waals surface area (Å²) in [4.78, 5) is 9.46. The molecule has 3 rings (SSSR count). The highest BCUT2D eigenvalue weighted by Crippen LogP contribution is 2.38. The Hall–Kier alpha value is -3.09. The van der Waals surface area contributed by atoms with Crippen molar-refractivity contribution in [3.05, 3.63) is 77.5 Å². The quantitative estimate of drug-likeness (QED) is 0.447. The lowest BCUT2D eigenvalue weighted by Gasteiger charge is -2.26. The van der Waals surface area contributed by atoms with Crippen LogP contribution in [0.2, 0.25) is 0 Å². The molecular formula is C24H26F3N3O. The summed E-state index contributed by atoms with van der Waals surface area (Å²) < 4.78 is 46.7. The molecule has 0 radical (unpaired) electrons. The molecule has 1 aromatic heterocycles. The van der Waals surface area contributed by atoms with Crippen LogP contribution in [0.1, 0.15) is 44.4 Å². The molecular weight excluding hydrogens is 403 g/mol. The lowest BCUT2D eigenvalue weighted by molar-refractivity contribution is -0.137. The highest BCUT2D eigenvalue weighted by molar-refractivity contribution is 5.64. The molecule has 2 aromatic carbocycles. The second-order valence-electron chi connectivity index (χ2n) is 8.20. The van der Waals surface area contributed by atoms with Crippen LogP contribution >= 0.6 is 0 Å². The maximum atomic E-state index is 13.7. The van der Waals surface area contributed by atoms with Crippen molar-refractivity contribution in [3.63, 3.8) is 0 Å².